The number of hydrogen-bond acceptors (Lipinski definition) is 1. The van der Waals surface area contributed by atoms with Gasteiger partial charge in [-0.15, -0.1) is 0 Å². The van der Waals surface area contributed by atoms with E-state index in [1.807, 2.05) is 6.20 Å². The Labute approximate surface area is 118 Å². The van der Waals surface area contributed by atoms with Gasteiger partial charge in [0.25, 0.3) is 0 Å². The molecular formula is C17H19N3. The van der Waals surface area contributed by atoms with Gasteiger partial charge in [-0.2, -0.15) is 0 Å². The summed E-state index contributed by atoms with van der Waals surface area (Å²) in [6, 6.07) is 8.90. The van der Waals surface area contributed by atoms with Gasteiger partial charge >= 0.3 is 0 Å². The lowest BCUT2D eigenvalue weighted by molar-refractivity contribution is 0.445. The molecule has 1 aliphatic rings. The molecular weight excluding hydrogens is 246 g/mol. The molecule has 0 radical (unpaired) electrons. The Morgan fingerprint density at radius 2 is 1.95 bits per heavy atom. The Kier molecular flexibility index (Phi) is 2.84. The highest BCUT2D eigenvalue weighted by molar-refractivity contribution is 5.88. The van der Waals surface area contributed by atoms with Crippen molar-refractivity contribution in [3.05, 3.63) is 42.4 Å². The molecule has 3 aromatic rings. The molecule has 3 heteroatoms. The maximum absolute atomic E-state index is 4.11. The van der Waals surface area contributed by atoms with Gasteiger partial charge in [0.15, 0.2) is 0 Å². The van der Waals surface area contributed by atoms with E-state index in [4.69, 9.17) is 0 Å². The maximum atomic E-state index is 4.11. The van der Waals surface area contributed by atoms with Gasteiger partial charge in [-0.1, -0.05) is 37.5 Å². The smallest absolute Gasteiger partial charge is 0.0924 e. The van der Waals surface area contributed by atoms with Gasteiger partial charge in [-0.25, -0.2) is 4.98 Å². The van der Waals surface area contributed by atoms with Crippen LogP contribution in [-0.2, 0) is 0 Å². The highest BCUT2D eigenvalue weighted by Crippen LogP contribution is 2.37. The number of nitrogens with one attached hydrogen (secondary N) is 2. The van der Waals surface area contributed by atoms with Crippen LogP contribution < -0.4 is 0 Å². The first-order valence-corrected chi connectivity index (χ1v) is 7.52. The second-order valence-corrected chi connectivity index (χ2v) is 5.79. The molecule has 1 aromatic carbocycles. The SMILES string of the molecule is c1cc(C2CCCCC2)c2[nH]c(-c3cnc[nH]3)cc2c1. The topological polar surface area (TPSA) is 44.5 Å². The van der Waals surface area contributed by atoms with Crippen molar-refractivity contribution >= 4 is 10.9 Å². The minimum Gasteiger partial charge on any atom is -0.353 e. The molecule has 4 rings (SSSR count). The first-order chi connectivity index (χ1) is 9.92. The van der Waals surface area contributed by atoms with Crippen LogP contribution in [-0.4, -0.2) is 15.0 Å². The summed E-state index contributed by atoms with van der Waals surface area (Å²) in [7, 11) is 0. The Balaban J connectivity index is 1.81. The van der Waals surface area contributed by atoms with Crippen LogP contribution in [0.15, 0.2) is 36.8 Å². The first-order valence-electron chi connectivity index (χ1n) is 7.52. The van der Waals surface area contributed by atoms with Gasteiger partial charge in [0, 0.05) is 10.9 Å². The Bertz CT molecular complexity index is 703. The normalized spacial score (nSPS) is 16.8. The molecule has 1 aliphatic carbocycles. The molecule has 102 valence electrons. The standard InChI is InChI=1S/C17H19N3/c1-2-5-12(6-3-1)14-8-4-7-13-9-15(20-17(13)14)16-10-18-11-19-16/h4,7-12,20H,1-3,5-6H2,(H,18,19). The monoisotopic (exact) mass is 265 g/mol. The van der Waals surface area contributed by atoms with Crippen LogP contribution in [0.3, 0.4) is 0 Å². The van der Waals surface area contributed by atoms with Crippen molar-refractivity contribution < 1.29 is 0 Å². The largest absolute Gasteiger partial charge is 0.353 e. The number of fused-ring (bicyclic) bond motifs is 1. The molecule has 2 heterocycles. The number of nitrogens with zero attached hydrogens (tertiary/aromatic N) is 1. The minimum atomic E-state index is 0.723. The lowest BCUT2D eigenvalue weighted by Crippen LogP contribution is -2.04. The van der Waals surface area contributed by atoms with Crippen molar-refractivity contribution in [2.24, 2.45) is 0 Å². The molecule has 0 unspecified atom stereocenters. The summed E-state index contributed by atoms with van der Waals surface area (Å²) in [6.45, 7) is 0. The van der Waals surface area contributed by atoms with E-state index < -0.39 is 0 Å². The van der Waals surface area contributed by atoms with E-state index in [1.165, 1.54) is 48.6 Å². The number of hydrogen-bond donors (Lipinski definition) is 2. The van der Waals surface area contributed by atoms with Crippen LogP contribution in [0.25, 0.3) is 22.3 Å². The summed E-state index contributed by atoms with van der Waals surface area (Å²) < 4.78 is 0. The van der Waals surface area contributed by atoms with Crippen LogP contribution in [0.2, 0.25) is 0 Å². The number of rotatable bonds is 2. The Morgan fingerprint density at radius 3 is 2.75 bits per heavy atom. The third kappa shape index (κ3) is 1.94. The molecule has 0 saturated heterocycles. The third-order valence-corrected chi connectivity index (χ3v) is 4.52. The predicted molar refractivity (Wildman–Crippen MR) is 81.7 cm³/mol. The van der Waals surface area contributed by atoms with E-state index in [0.29, 0.717) is 0 Å². The highest BCUT2D eigenvalue weighted by Gasteiger charge is 2.18. The number of imidazole rings is 1. The van der Waals surface area contributed by atoms with Crippen molar-refractivity contribution in [1.29, 1.82) is 0 Å². The summed E-state index contributed by atoms with van der Waals surface area (Å²) in [4.78, 5) is 10.9. The van der Waals surface area contributed by atoms with E-state index in [9.17, 15) is 0 Å². The van der Waals surface area contributed by atoms with E-state index in [2.05, 4.69) is 39.2 Å². The summed E-state index contributed by atoms with van der Waals surface area (Å²) in [5, 5.41) is 1.30. The van der Waals surface area contributed by atoms with Gasteiger partial charge < -0.3 is 9.97 Å². The lowest BCUT2D eigenvalue weighted by atomic mass is 9.83. The van der Waals surface area contributed by atoms with E-state index >= 15 is 0 Å². The average Bonchev–Trinajstić information content (AvgIpc) is 3.16. The quantitative estimate of drug-likeness (QED) is 0.698. The molecule has 1 saturated carbocycles. The second kappa shape index (κ2) is 4.82. The van der Waals surface area contributed by atoms with Gasteiger partial charge in [0.1, 0.15) is 0 Å². The average molecular weight is 265 g/mol. The number of aromatic nitrogens is 3. The molecule has 1 fully saturated rings. The Morgan fingerprint density at radius 1 is 1.05 bits per heavy atom. The highest BCUT2D eigenvalue weighted by atomic mass is 14.9. The number of para-hydroxylation sites is 1. The minimum absolute atomic E-state index is 0.723. The molecule has 0 bridgehead atoms. The molecule has 2 aromatic heterocycles. The molecule has 0 atom stereocenters. The van der Waals surface area contributed by atoms with Crippen LogP contribution in [0.5, 0.6) is 0 Å². The van der Waals surface area contributed by atoms with E-state index in [0.717, 1.165) is 17.3 Å². The molecule has 0 spiro atoms. The summed E-state index contributed by atoms with van der Waals surface area (Å²) >= 11 is 0. The maximum Gasteiger partial charge on any atom is 0.0924 e. The van der Waals surface area contributed by atoms with Crippen LogP contribution in [0, 0.1) is 0 Å². The molecule has 20 heavy (non-hydrogen) atoms. The van der Waals surface area contributed by atoms with E-state index in [-0.39, 0.29) is 0 Å². The summed E-state index contributed by atoms with van der Waals surface area (Å²) in [5.41, 5.74) is 4.98. The fourth-order valence-electron chi connectivity index (χ4n) is 3.48. The number of H-pyrrole nitrogens is 2. The van der Waals surface area contributed by atoms with Gasteiger partial charge in [-0.3, -0.25) is 0 Å². The van der Waals surface area contributed by atoms with Crippen LogP contribution in [0.1, 0.15) is 43.6 Å². The van der Waals surface area contributed by atoms with Crippen LogP contribution in [0.4, 0.5) is 0 Å². The second-order valence-electron chi connectivity index (χ2n) is 5.79. The van der Waals surface area contributed by atoms with Crippen molar-refractivity contribution in [3.8, 4) is 11.4 Å². The molecule has 2 N–H and O–H groups in total. The number of aromatic amines is 2. The summed E-state index contributed by atoms with van der Waals surface area (Å²) in [6.07, 6.45) is 10.4. The van der Waals surface area contributed by atoms with Gasteiger partial charge in [0.2, 0.25) is 0 Å². The van der Waals surface area contributed by atoms with Crippen molar-refractivity contribution in [1.82, 2.24) is 15.0 Å². The molecule has 3 nitrogen and oxygen atoms in total. The zero-order chi connectivity index (χ0) is 13.4. The fraction of sp³-hybridized carbons (Fsp3) is 0.353. The van der Waals surface area contributed by atoms with Crippen molar-refractivity contribution in [3.63, 3.8) is 0 Å². The Hall–Kier alpha value is -2.03. The predicted octanol–water partition coefficient (Wildman–Crippen LogP) is 4.61. The van der Waals surface area contributed by atoms with Gasteiger partial charge in [-0.05, 0) is 30.4 Å². The van der Waals surface area contributed by atoms with Crippen molar-refractivity contribution in [2.75, 3.05) is 0 Å². The van der Waals surface area contributed by atoms with Crippen LogP contribution >= 0.6 is 0 Å². The zero-order valence-corrected chi connectivity index (χ0v) is 11.5. The summed E-state index contributed by atoms with van der Waals surface area (Å²) in [5.74, 6) is 0.723. The zero-order valence-electron chi connectivity index (χ0n) is 11.5. The van der Waals surface area contributed by atoms with E-state index in [1.54, 1.807) is 6.33 Å². The van der Waals surface area contributed by atoms with Crippen molar-refractivity contribution in [2.45, 2.75) is 38.0 Å². The third-order valence-electron chi connectivity index (χ3n) is 4.52. The molecule has 0 amide bonds. The lowest BCUT2D eigenvalue weighted by Gasteiger charge is -2.22. The van der Waals surface area contributed by atoms with Gasteiger partial charge in [0.05, 0.1) is 23.9 Å². The first kappa shape index (κ1) is 11.8. The fourth-order valence-corrected chi connectivity index (χ4v) is 3.48. The molecule has 0 aliphatic heterocycles. The number of benzene rings is 1.